The lowest BCUT2D eigenvalue weighted by Crippen LogP contribution is -2.52. The predicted molar refractivity (Wildman–Crippen MR) is 82.3 cm³/mol. The summed E-state index contributed by atoms with van der Waals surface area (Å²) in [6.07, 6.45) is 4.38. The van der Waals surface area contributed by atoms with Gasteiger partial charge in [0.25, 0.3) is 0 Å². The van der Waals surface area contributed by atoms with Gasteiger partial charge in [0, 0.05) is 17.8 Å². The van der Waals surface area contributed by atoms with Gasteiger partial charge in [0.05, 0.1) is 12.5 Å². The van der Waals surface area contributed by atoms with Crippen molar-refractivity contribution in [2.45, 2.75) is 77.5 Å². The molecule has 0 radical (unpaired) electrons. The highest BCUT2D eigenvalue weighted by molar-refractivity contribution is 5.75. The summed E-state index contributed by atoms with van der Waals surface area (Å²) in [5.41, 5.74) is 0. The molecule has 2 aliphatic heterocycles. The van der Waals surface area contributed by atoms with E-state index in [1.165, 1.54) is 19.3 Å². The molecule has 2 saturated heterocycles. The van der Waals surface area contributed by atoms with Gasteiger partial charge in [-0.3, -0.25) is 4.79 Å². The summed E-state index contributed by atoms with van der Waals surface area (Å²) in [6.45, 7) is 4.13. The normalized spacial score (nSPS) is 41.8. The molecule has 24 heavy (non-hydrogen) atoms. The van der Waals surface area contributed by atoms with Crippen molar-refractivity contribution in [1.29, 1.82) is 0 Å². The molecule has 7 atom stereocenters. The van der Waals surface area contributed by atoms with Crippen molar-refractivity contribution < 1.29 is 28.9 Å². The number of carbonyl (C=O) groups is 2. The Morgan fingerprint density at radius 2 is 1.88 bits per heavy atom. The van der Waals surface area contributed by atoms with Crippen LogP contribution in [0.25, 0.3) is 0 Å². The molecule has 3 unspecified atom stereocenters. The standard InChI is InChI=1S/C18H28O6/c1-10-6-7-12-4-3-5-13-11(2)17(24-18(22-10)16(12)13)23-15(21)9-8-14(19)20/h10-13,16-18H,3-9H2,1-2H3,(H,19,20)/p-1/t10-,11+,12?,13-,16?,17?,18-/m0/s1. The average molecular weight is 339 g/mol. The summed E-state index contributed by atoms with van der Waals surface area (Å²) in [5.74, 6) is -0.290. The molecule has 2 heterocycles. The number of hydrogen-bond acceptors (Lipinski definition) is 6. The lowest BCUT2D eigenvalue weighted by molar-refractivity contribution is -0.324. The zero-order valence-corrected chi connectivity index (χ0v) is 14.4. The maximum atomic E-state index is 11.9. The van der Waals surface area contributed by atoms with Crippen LogP contribution in [-0.2, 0) is 23.8 Å². The molecule has 0 bridgehead atoms. The van der Waals surface area contributed by atoms with Crippen LogP contribution in [0.5, 0.6) is 0 Å². The second-order valence-electron chi connectivity index (χ2n) is 7.55. The Morgan fingerprint density at radius 3 is 2.62 bits per heavy atom. The van der Waals surface area contributed by atoms with Gasteiger partial charge in [0.2, 0.25) is 6.29 Å². The molecular weight excluding hydrogens is 312 g/mol. The van der Waals surface area contributed by atoms with Crippen LogP contribution >= 0.6 is 0 Å². The van der Waals surface area contributed by atoms with Gasteiger partial charge in [-0.1, -0.05) is 13.3 Å². The number of hydrogen-bond donors (Lipinski definition) is 0. The smallest absolute Gasteiger partial charge is 0.308 e. The molecule has 6 heteroatoms. The lowest BCUT2D eigenvalue weighted by Gasteiger charge is -2.49. The van der Waals surface area contributed by atoms with Gasteiger partial charge < -0.3 is 24.1 Å². The quantitative estimate of drug-likeness (QED) is 0.724. The molecule has 3 rings (SSSR count). The Kier molecular flexibility index (Phi) is 5.45. The van der Waals surface area contributed by atoms with Gasteiger partial charge >= 0.3 is 5.97 Å². The van der Waals surface area contributed by atoms with Gasteiger partial charge in [-0.05, 0) is 50.9 Å². The minimum absolute atomic E-state index is 0.0953. The first-order valence-electron chi connectivity index (χ1n) is 9.16. The SMILES string of the molecule is C[C@H]1CCC2CCC[C@@H]3C2[C@H](OC(OC(=O)CCC(=O)[O-])[C@@H]3C)O1. The summed E-state index contributed by atoms with van der Waals surface area (Å²) in [6, 6.07) is 0. The van der Waals surface area contributed by atoms with Gasteiger partial charge in [-0.2, -0.15) is 0 Å². The molecule has 6 nitrogen and oxygen atoms in total. The molecule has 0 amide bonds. The van der Waals surface area contributed by atoms with E-state index >= 15 is 0 Å². The van der Waals surface area contributed by atoms with Crippen LogP contribution in [-0.4, -0.2) is 30.6 Å². The van der Waals surface area contributed by atoms with Crippen LogP contribution < -0.4 is 5.11 Å². The molecule has 1 aliphatic carbocycles. The van der Waals surface area contributed by atoms with E-state index in [1.807, 2.05) is 0 Å². The molecule has 0 spiro atoms. The van der Waals surface area contributed by atoms with Crippen molar-refractivity contribution in [2.75, 3.05) is 0 Å². The van der Waals surface area contributed by atoms with Crippen LogP contribution in [0.2, 0.25) is 0 Å². The molecule has 3 aliphatic rings. The van der Waals surface area contributed by atoms with Crippen LogP contribution in [0.15, 0.2) is 0 Å². The topological polar surface area (TPSA) is 84.9 Å². The number of ether oxygens (including phenoxy) is 3. The molecule has 136 valence electrons. The maximum Gasteiger partial charge on any atom is 0.308 e. The number of esters is 1. The largest absolute Gasteiger partial charge is 0.550 e. The van der Waals surface area contributed by atoms with Crippen molar-refractivity contribution in [3.63, 3.8) is 0 Å². The van der Waals surface area contributed by atoms with Crippen LogP contribution in [0.4, 0.5) is 0 Å². The molecule has 0 aromatic carbocycles. The number of carboxylic acid groups (broad SMARTS) is 1. The first-order valence-corrected chi connectivity index (χ1v) is 9.16. The van der Waals surface area contributed by atoms with Gasteiger partial charge in [-0.15, -0.1) is 0 Å². The monoisotopic (exact) mass is 339 g/mol. The molecule has 3 fully saturated rings. The fourth-order valence-corrected chi connectivity index (χ4v) is 4.67. The number of carboxylic acids is 1. The van der Waals surface area contributed by atoms with E-state index in [4.69, 9.17) is 14.2 Å². The van der Waals surface area contributed by atoms with Gasteiger partial charge in [0.1, 0.15) is 0 Å². The Morgan fingerprint density at radius 1 is 1.08 bits per heavy atom. The van der Waals surface area contributed by atoms with Crippen molar-refractivity contribution in [3.8, 4) is 0 Å². The Balaban J connectivity index is 1.69. The van der Waals surface area contributed by atoms with E-state index in [2.05, 4.69) is 13.8 Å². The first-order chi connectivity index (χ1) is 11.5. The molecular formula is C18H27O6-. The lowest BCUT2D eigenvalue weighted by atomic mass is 9.65. The molecule has 1 saturated carbocycles. The van der Waals surface area contributed by atoms with Gasteiger partial charge in [0.15, 0.2) is 6.29 Å². The summed E-state index contributed by atoms with van der Waals surface area (Å²) in [7, 11) is 0. The maximum absolute atomic E-state index is 11.9. The predicted octanol–water partition coefficient (Wildman–Crippen LogP) is 1.61. The summed E-state index contributed by atoms with van der Waals surface area (Å²) < 4.78 is 17.6. The average Bonchev–Trinajstić information content (AvgIpc) is 2.70. The summed E-state index contributed by atoms with van der Waals surface area (Å²) in [5, 5.41) is 10.5. The highest BCUT2D eigenvalue weighted by Crippen LogP contribution is 2.50. The van der Waals surface area contributed by atoms with Crippen LogP contribution in [0.1, 0.15) is 58.8 Å². The van der Waals surface area contributed by atoms with E-state index < -0.39 is 18.2 Å². The zero-order valence-electron chi connectivity index (χ0n) is 14.4. The number of rotatable bonds is 4. The number of aliphatic carboxylic acids is 1. The third kappa shape index (κ3) is 3.75. The van der Waals surface area contributed by atoms with Crippen molar-refractivity contribution >= 4 is 11.9 Å². The van der Waals surface area contributed by atoms with E-state index in [-0.39, 0.29) is 31.2 Å². The number of carbonyl (C=O) groups excluding carboxylic acids is 2. The molecule has 0 N–H and O–H groups in total. The minimum atomic E-state index is -1.25. The van der Waals surface area contributed by atoms with Crippen molar-refractivity contribution in [2.24, 2.45) is 23.7 Å². The Hall–Kier alpha value is -1.14. The third-order valence-corrected chi connectivity index (χ3v) is 5.93. The first kappa shape index (κ1) is 17.7. The van der Waals surface area contributed by atoms with E-state index in [0.717, 1.165) is 12.8 Å². The minimum Gasteiger partial charge on any atom is -0.550 e. The fraction of sp³-hybridized carbons (Fsp3) is 0.889. The van der Waals surface area contributed by atoms with Crippen molar-refractivity contribution in [1.82, 2.24) is 0 Å². The zero-order chi connectivity index (χ0) is 17.3. The van der Waals surface area contributed by atoms with Gasteiger partial charge in [-0.25, -0.2) is 0 Å². The van der Waals surface area contributed by atoms with Crippen LogP contribution in [0, 0.1) is 23.7 Å². The van der Waals surface area contributed by atoms with E-state index in [0.29, 0.717) is 17.8 Å². The Labute approximate surface area is 142 Å². The molecule has 0 aromatic heterocycles. The molecule has 0 aromatic rings. The second kappa shape index (κ2) is 7.40. The highest BCUT2D eigenvalue weighted by atomic mass is 16.8. The summed E-state index contributed by atoms with van der Waals surface area (Å²) in [4.78, 5) is 22.4. The second-order valence-corrected chi connectivity index (χ2v) is 7.55. The highest BCUT2D eigenvalue weighted by Gasteiger charge is 2.51. The van der Waals surface area contributed by atoms with Crippen LogP contribution in [0.3, 0.4) is 0 Å². The summed E-state index contributed by atoms with van der Waals surface area (Å²) >= 11 is 0. The van der Waals surface area contributed by atoms with E-state index in [9.17, 15) is 14.7 Å². The Bertz CT molecular complexity index is 478. The van der Waals surface area contributed by atoms with Crippen molar-refractivity contribution in [3.05, 3.63) is 0 Å². The van der Waals surface area contributed by atoms with E-state index in [1.54, 1.807) is 0 Å². The fourth-order valence-electron chi connectivity index (χ4n) is 4.67. The third-order valence-electron chi connectivity index (χ3n) is 5.93.